The standard InChI is InChI=1S/C14H15NO6.C11H13NO2/c1-3-20-13(16)7-12-8(2)14(17)10-6-9(15(18)19)4-5-11(10)21-12;1-8(13)12-10-4-5-11-9(7-10)3-2-6-14-11/h4-6,8,12H,3,7H2,1-2H3;4-5,7H,2-3,6H2,1H3,(H,12,13)/t8?,12-;/m1./s1. The van der Waals surface area contributed by atoms with E-state index >= 15 is 0 Å². The summed E-state index contributed by atoms with van der Waals surface area (Å²) in [5.74, 6) is -0.101. The maximum Gasteiger partial charge on any atom is 0.309 e. The molecule has 2 aromatic carbocycles. The summed E-state index contributed by atoms with van der Waals surface area (Å²) in [6.45, 7) is 5.90. The number of fused-ring (bicyclic) bond motifs is 2. The number of anilines is 1. The molecule has 2 heterocycles. The van der Waals surface area contributed by atoms with Crippen LogP contribution in [-0.4, -0.2) is 41.9 Å². The topological polar surface area (TPSA) is 134 Å². The van der Waals surface area contributed by atoms with Gasteiger partial charge in [-0.05, 0) is 49.6 Å². The van der Waals surface area contributed by atoms with Crippen LogP contribution >= 0.6 is 0 Å². The van der Waals surface area contributed by atoms with Crippen LogP contribution in [0.25, 0.3) is 0 Å². The molecule has 2 aliphatic rings. The largest absolute Gasteiger partial charge is 0.493 e. The number of nitrogens with zero attached hydrogens (tertiary/aromatic N) is 1. The number of Topliss-reactive ketones (excluding diaryl/α,β-unsaturated/α-hetero) is 1. The summed E-state index contributed by atoms with van der Waals surface area (Å²) >= 11 is 0. The molecule has 0 aromatic heterocycles. The molecule has 186 valence electrons. The Morgan fingerprint density at radius 1 is 1.20 bits per heavy atom. The van der Waals surface area contributed by atoms with Gasteiger partial charge in [-0.3, -0.25) is 24.5 Å². The van der Waals surface area contributed by atoms with Crippen LogP contribution in [0.5, 0.6) is 11.5 Å². The highest BCUT2D eigenvalue weighted by molar-refractivity contribution is 6.02. The van der Waals surface area contributed by atoms with Gasteiger partial charge in [0.15, 0.2) is 5.78 Å². The molecule has 0 fully saturated rings. The number of nitrogens with one attached hydrogen (secondary N) is 1. The van der Waals surface area contributed by atoms with Crippen LogP contribution in [0.1, 0.15) is 49.5 Å². The Labute approximate surface area is 202 Å². The summed E-state index contributed by atoms with van der Waals surface area (Å²) < 4.78 is 15.9. The Morgan fingerprint density at radius 3 is 2.63 bits per heavy atom. The van der Waals surface area contributed by atoms with Crippen molar-refractivity contribution in [3.8, 4) is 11.5 Å². The third-order valence-corrected chi connectivity index (χ3v) is 5.59. The minimum Gasteiger partial charge on any atom is -0.493 e. The van der Waals surface area contributed by atoms with Crippen molar-refractivity contribution in [2.75, 3.05) is 18.5 Å². The summed E-state index contributed by atoms with van der Waals surface area (Å²) in [6, 6.07) is 9.62. The van der Waals surface area contributed by atoms with Gasteiger partial charge in [0, 0.05) is 24.7 Å². The Balaban J connectivity index is 0.000000211. The first-order valence-corrected chi connectivity index (χ1v) is 11.4. The van der Waals surface area contributed by atoms with Crippen molar-refractivity contribution >= 4 is 29.0 Å². The van der Waals surface area contributed by atoms with E-state index in [4.69, 9.17) is 14.2 Å². The molecule has 1 unspecified atom stereocenters. The Bertz CT molecular complexity index is 1130. The van der Waals surface area contributed by atoms with Crippen molar-refractivity contribution in [3.63, 3.8) is 0 Å². The molecular formula is C25H28N2O8. The molecule has 0 radical (unpaired) electrons. The van der Waals surface area contributed by atoms with Crippen molar-refractivity contribution in [3.05, 3.63) is 57.6 Å². The Morgan fingerprint density at radius 2 is 1.94 bits per heavy atom. The van der Waals surface area contributed by atoms with Gasteiger partial charge in [-0.25, -0.2) is 0 Å². The highest BCUT2D eigenvalue weighted by Crippen LogP contribution is 2.34. The lowest BCUT2D eigenvalue weighted by Gasteiger charge is -2.29. The number of nitro benzene ring substituents is 1. The number of hydrogen-bond donors (Lipinski definition) is 1. The predicted octanol–water partition coefficient (Wildman–Crippen LogP) is 4.10. The maximum absolute atomic E-state index is 12.3. The van der Waals surface area contributed by atoms with Crippen molar-refractivity contribution in [1.82, 2.24) is 0 Å². The number of ketones is 1. The molecule has 2 atom stereocenters. The summed E-state index contributed by atoms with van der Waals surface area (Å²) in [5.41, 5.74) is 2.04. The summed E-state index contributed by atoms with van der Waals surface area (Å²) in [6.07, 6.45) is 1.43. The van der Waals surface area contributed by atoms with Crippen LogP contribution in [-0.2, 0) is 20.7 Å². The monoisotopic (exact) mass is 484 g/mol. The zero-order chi connectivity index (χ0) is 25.5. The molecule has 0 aliphatic carbocycles. The summed E-state index contributed by atoms with van der Waals surface area (Å²) in [5, 5.41) is 13.5. The van der Waals surface area contributed by atoms with Gasteiger partial charge in [0.1, 0.15) is 17.6 Å². The molecule has 10 heteroatoms. The number of carbonyl (C=O) groups is 3. The number of ether oxygens (including phenoxy) is 3. The highest BCUT2D eigenvalue weighted by Gasteiger charge is 2.36. The van der Waals surface area contributed by atoms with E-state index in [2.05, 4.69) is 5.32 Å². The quantitative estimate of drug-likeness (QED) is 0.381. The number of amides is 1. The molecule has 0 saturated carbocycles. The molecule has 10 nitrogen and oxygen atoms in total. The van der Waals surface area contributed by atoms with E-state index in [0.717, 1.165) is 30.9 Å². The number of hydrogen-bond acceptors (Lipinski definition) is 8. The van der Waals surface area contributed by atoms with Crippen LogP contribution in [0.2, 0.25) is 0 Å². The molecule has 35 heavy (non-hydrogen) atoms. The van der Waals surface area contributed by atoms with E-state index in [1.165, 1.54) is 30.7 Å². The number of aryl methyl sites for hydroxylation is 1. The van der Waals surface area contributed by atoms with Crippen molar-refractivity contribution < 1.29 is 33.5 Å². The average Bonchev–Trinajstić information content (AvgIpc) is 2.82. The number of carbonyl (C=O) groups excluding carboxylic acids is 3. The number of rotatable bonds is 5. The molecule has 2 aromatic rings. The van der Waals surface area contributed by atoms with Gasteiger partial charge in [0.05, 0.1) is 36.0 Å². The zero-order valence-electron chi connectivity index (χ0n) is 19.9. The van der Waals surface area contributed by atoms with E-state index in [-0.39, 0.29) is 41.7 Å². The molecular weight excluding hydrogens is 456 g/mol. The molecule has 4 rings (SSSR count). The SMILES string of the molecule is CC(=O)Nc1ccc2c(c1)CCCO2.CCOC(=O)C[C@H]1Oc2ccc([N+](=O)[O-])cc2C(=O)C1C. The average molecular weight is 485 g/mol. The van der Waals surface area contributed by atoms with Crippen LogP contribution in [0.3, 0.4) is 0 Å². The second-order valence-electron chi connectivity index (χ2n) is 8.21. The van der Waals surface area contributed by atoms with Gasteiger partial charge in [0.2, 0.25) is 5.91 Å². The van der Waals surface area contributed by atoms with E-state index < -0.39 is 22.9 Å². The van der Waals surface area contributed by atoms with E-state index in [0.29, 0.717) is 0 Å². The van der Waals surface area contributed by atoms with E-state index in [9.17, 15) is 24.5 Å². The number of non-ortho nitro benzene ring substituents is 1. The Hall–Kier alpha value is -3.95. The van der Waals surface area contributed by atoms with Crippen LogP contribution in [0.15, 0.2) is 36.4 Å². The van der Waals surface area contributed by atoms with Crippen molar-refractivity contribution in [2.45, 2.75) is 46.1 Å². The zero-order valence-corrected chi connectivity index (χ0v) is 19.9. The second kappa shape index (κ2) is 11.5. The highest BCUT2D eigenvalue weighted by atomic mass is 16.6. The first-order chi connectivity index (χ1) is 16.7. The Kier molecular flexibility index (Phi) is 8.40. The fourth-order valence-electron chi connectivity index (χ4n) is 3.85. The van der Waals surface area contributed by atoms with Gasteiger partial charge < -0.3 is 19.5 Å². The molecule has 0 saturated heterocycles. The molecule has 0 bridgehead atoms. The van der Waals surface area contributed by atoms with Gasteiger partial charge in [-0.2, -0.15) is 0 Å². The smallest absolute Gasteiger partial charge is 0.309 e. The number of esters is 1. The third-order valence-electron chi connectivity index (χ3n) is 5.59. The maximum atomic E-state index is 12.3. The lowest BCUT2D eigenvalue weighted by Crippen LogP contribution is -2.37. The van der Waals surface area contributed by atoms with Crippen LogP contribution in [0, 0.1) is 16.0 Å². The molecule has 2 aliphatic heterocycles. The third kappa shape index (κ3) is 6.56. The minimum absolute atomic E-state index is 0.0306. The van der Waals surface area contributed by atoms with Gasteiger partial charge >= 0.3 is 5.97 Å². The summed E-state index contributed by atoms with van der Waals surface area (Å²) in [7, 11) is 0. The van der Waals surface area contributed by atoms with E-state index in [1.807, 2.05) is 18.2 Å². The molecule has 1 N–H and O–H groups in total. The second-order valence-corrected chi connectivity index (χ2v) is 8.21. The first-order valence-electron chi connectivity index (χ1n) is 11.4. The molecule has 0 spiro atoms. The van der Waals surface area contributed by atoms with Gasteiger partial charge in [-0.1, -0.05) is 6.92 Å². The van der Waals surface area contributed by atoms with Crippen molar-refractivity contribution in [1.29, 1.82) is 0 Å². The summed E-state index contributed by atoms with van der Waals surface area (Å²) in [4.78, 5) is 44.8. The van der Waals surface area contributed by atoms with Gasteiger partial charge in [0.25, 0.3) is 5.69 Å². The van der Waals surface area contributed by atoms with E-state index in [1.54, 1.807) is 13.8 Å². The predicted molar refractivity (Wildman–Crippen MR) is 127 cm³/mol. The lowest BCUT2D eigenvalue weighted by molar-refractivity contribution is -0.384. The number of benzene rings is 2. The first kappa shape index (κ1) is 25.7. The number of nitro groups is 1. The minimum atomic E-state index is -0.620. The lowest BCUT2D eigenvalue weighted by atomic mass is 9.89. The fourth-order valence-corrected chi connectivity index (χ4v) is 3.85. The molecule has 1 amide bonds. The van der Waals surface area contributed by atoms with Crippen LogP contribution in [0.4, 0.5) is 11.4 Å². The van der Waals surface area contributed by atoms with Crippen molar-refractivity contribution in [2.24, 2.45) is 5.92 Å². The van der Waals surface area contributed by atoms with Crippen LogP contribution < -0.4 is 14.8 Å². The normalized spacial score (nSPS) is 17.9. The fraction of sp³-hybridized carbons (Fsp3) is 0.400. The van der Waals surface area contributed by atoms with Gasteiger partial charge in [-0.15, -0.1) is 0 Å².